The number of carbonyl (C=O) groups excluding carboxylic acids is 1. The Hall–Kier alpha value is -3.14. The molecule has 0 saturated heterocycles. The molecule has 3 aromatic rings. The minimum atomic E-state index is -0.0947. The zero-order chi connectivity index (χ0) is 18.2. The van der Waals surface area contributed by atoms with Crippen molar-refractivity contribution in [2.45, 2.75) is 13.3 Å². The molecule has 26 heavy (non-hydrogen) atoms. The summed E-state index contributed by atoms with van der Waals surface area (Å²) in [5.74, 6) is 0.738. The molecule has 0 aliphatic carbocycles. The van der Waals surface area contributed by atoms with E-state index in [1.807, 2.05) is 48.5 Å². The molecule has 0 saturated carbocycles. The predicted octanol–water partition coefficient (Wildman–Crippen LogP) is 4.21. The monoisotopic (exact) mass is 345 g/mol. The molecular weight excluding hydrogens is 322 g/mol. The maximum atomic E-state index is 12.3. The van der Waals surface area contributed by atoms with E-state index in [9.17, 15) is 4.79 Å². The number of benzene rings is 2. The van der Waals surface area contributed by atoms with Gasteiger partial charge in [0, 0.05) is 25.0 Å². The van der Waals surface area contributed by atoms with Crippen LogP contribution in [0.5, 0.6) is 0 Å². The second-order valence-electron chi connectivity index (χ2n) is 5.98. The van der Waals surface area contributed by atoms with Crippen LogP contribution in [0.4, 0.5) is 11.5 Å². The van der Waals surface area contributed by atoms with Crippen molar-refractivity contribution in [2.24, 2.45) is 0 Å². The molecule has 0 bridgehead atoms. The first-order valence-electron chi connectivity index (χ1n) is 8.88. The highest BCUT2D eigenvalue weighted by molar-refractivity contribution is 5.94. The number of anilines is 2. The lowest BCUT2D eigenvalue weighted by Crippen LogP contribution is -2.26. The van der Waals surface area contributed by atoms with Crippen LogP contribution in [0.1, 0.15) is 22.8 Å². The zero-order valence-electron chi connectivity index (χ0n) is 14.9. The Balaban J connectivity index is 1.60. The van der Waals surface area contributed by atoms with Crippen LogP contribution in [0, 0.1) is 0 Å². The summed E-state index contributed by atoms with van der Waals surface area (Å²) in [5.41, 5.74) is 2.87. The van der Waals surface area contributed by atoms with Gasteiger partial charge in [0.15, 0.2) is 0 Å². The average Bonchev–Trinajstić information content (AvgIpc) is 2.71. The normalized spacial score (nSPS) is 10.3. The fraction of sp³-hybridized carbons (Fsp3) is 0.182. The third-order valence-electron chi connectivity index (χ3n) is 4.21. The van der Waals surface area contributed by atoms with Gasteiger partial charge in [-0.2, -0.15) is 0 Å². The zero-order valence-corrected chi connectivity index (χ0v) is 14.9. The number of rotatable bonds is 7. The molecule has 0 spiro atoms. The number of para-hydroxylation sites is 1. The molecule has 0 radical (unpaired) electrons. The molecular formula is C22H23N3O. The molecule has 1 amide bonds. The quantitative estimate of drug-likeness (QED) is 0.697. The summed E-state index contributed by atoms with van der Waals surface area (Å²) in [5, 5.41) is 2.95. The Kier molecular flexibility index (Phi) is 5.99. The van der Waals surface area contributed by atoms with Crippen molar-refractivity contribution < 1.29 is 4.79 Å². The molecule has 132 valence electrons. The number of nitrogens with zero attached hydrogens (tertiary/aromatic N) is 2. The van der Waals surface area contributed by atoms with E-state index in [1.54, 1.807) is 6.20 Å². The number of pyridine rings is 1. The van der Waals surface area contributed by atoms with Gasteiger partial charge in [0.05, 0.1) is 5.56 Å². The summed E-state index contributed by atoms with van der Waals surface area (Å²) < 4.78 is 0. The molecule has 4 heteroatoms. The highest BCUT2D eigenvalue weighted by atomic mass is 16.1. The van der Waals surface area contributed by atoms with E-state index in [2.05, 4.69) is 46.4 Å². The second-order valence-corrected chi connectivity index (χ2v) is 5.98. The summed E-state index contributed by atoms with van der Waals surface area (Å²) in [4.78, 5) is 18.9. The molecule has 0 aliphatic heterocycles. The van der Waals surface area contributed by atoms with Gasteiger partial charge in [-0.25, -0.2) is 4.98 Å². The van der Waals surface area contributed by atoms with E-state index >= 15 is 0 Å². The van der Waals surface area contributed by atoms with Crippen molar-refractivity contribution >= 4 is 17.4 Å². The summed E-state index contributed by atoms with van der Waals surface area (Å²) in [6.45, 7) is 3.49. The fourth-order valence-corrected chi connectivity index (χ4v) is 2.83. The largest absolute Gasteiger partial charge is 0.352 e. The SMILES string of the molecule is CCN(c1ccccc1)c1ccc(C(=O)NCCc2ccccc2)cn1. The van der Waals surface area contributed by atoms with E-state index in [1.165, 1.54) is 5.56 Å². The molecule has 1 heterocycles. The number of hydrogen-bond donors (Lipinski definition) is 1. The van der Waals surface area contributed by atoms with Gasteiger partial charge in [-0.3, -0.25) is 4.79 Å². The minimum Gasteiger partial charge on any atom is -0.352 e. The molecule has 0 atom stereocenters. The van der Waals surface area contributed by atoms with E-state index in [4.69, 9.17) is 0 Å². The third kappa shape index (κ3) is 4.48. The number of carbonyl (C=O) groups is 1. The first-order chi connectivity index (χ1) is 12.8. The van der Waals surface area contributed by atoms with Crippen molar-refractivity contribution in [3.63, 3.8) is 0 Å². The number of hydrogen-bond acceptors (Lipinski definition) is 3. The average molecular weight is 345 g/mol. The molecule has 0 fully saturated rings. The van der Waals surface area contributed by atoms with Crippen molar-refractivity contribution in [3.8, 4) is 0 Å². The highest BCUT2D eigenvalue weighted by Gasteiger charge is 2.10. The van der Waals surface area contributed by atoms with Gasteiger partial charge in [-0.05, 0) is 43.2 Å². The lowest BCUT2D eigenvalue weighted by Gasteiger charge is -2.22. The van der Waals surface area contributed by atoms with Crippen LogP contribution in [0.25, 0.3) is 0 Å². The lowest BCUT2D eigenvalue weighted by molar-refractivity contribution is 0.0954. The minimum absolute atomic E-state index is 0.0947. The van der Waals surface area contributed by atoms with Gasteiger partial charge in [-0.15, -0.1) is 0 Å². The molecule has 1 aromatic heterocycles. The molecule has 4 nitrogen and oxygen atoms in total. The topological polar surface area (TPSA) is 45.2 Å². The van der Waals surface area contributed by atoms with E-state index in [0.29, 0.717) is 12.1 Å². The van der Waals surface area contributed by atoms with E-state index < -0.39 is 0 Å². The number of aromatic nitrogens is 1. The first kappa shape index (κ1) is 17.7. The van der Waals surface area contributed by atoms with Crippen LogP contribution >= 0.6 is 0 Å². The van der Waals surface area contributed by atoms with Crippen LogP contribution in [-0.4, -0.2) is 24.0 Å². The van der Waals surface area contributed by atoms with Crippen molar-refractivity contribution in [1.82, 2.24) is 10.3 Å². The summed E-state index contributed by atoms with van der Waals surface area (Å²) in [6, 6.07) is 23.9. The van der Waals surface area contributed by atoms with Crippen LogP contribution in [0.15, 0.2) is 79.0 Å². The molecule has 1 N–H and O–H groups in total. The Morgan fingerprint density at radius 1 is 0.962 bits per heavy atom. The van der Waals surface area contributed by atoms with Gasteiger partial charge in [0.25, 0.3) is 5.91 Å². The fourth-order valence-electron chi connectivity index (χ4n) is 2.83. The second kappa shape index (κ2) is 8.81. The van der Waals surface area contributed by atoms with Crippen molar-refractivity contribution in [2.75, 3.05) is 18.0 Å². The summed E-state index contributed by atoms with van der Waals surface area (Å²) in [7, 11) is 0. The summed E-state index contributed by atoms with van der Waals surface area (Å²) >= 11 is 0. The van der Waals surface area contributed by atoms with Crippen molar-refractivity contribution in [3.05, 3.63) is 90.1 Å². The first-order valence-corrected chi connectivity index (χ1v) is 8.88. The molecule has 2 aromatic carbocycles. The maximum Gasteiger partial charge on any atom is 0.252 e. The van der Waals surface area contributed by atoms with Gasteiger partial charge >= 0.3 is 0 Å². The highest BCUT2D eigenvalue weighted by Crippen LogP contribution is 2.22. The number of nitrogens with one attached hydrogen (secondary N) is 1. The van der Waals surface area contributed by atoms with Gasteiger partial charge < -0.3 is 10.2 Å². The van der Waals surface area contributed by atoms with E-state index in [0.717, 1.165) is 24.5 Å². The standard InChI is InChI=1S/C22H23N3O/c1-2-25(20-11-7-4-8-12-20)21-14-13-19(17-24-21)22(26)23-16-15-18-9-5-3-6-10-18/h3-14,17H,2,15-16H2,1H3,(H,23,26). The van der Waals surface area contributed by atoms with Gasteiger partial charge in [-0.1, -0.05) is 48.5 Å². The Morgan fingerprint density at radius 3 is 2.27 bits per heavy atom. The molecule has 0 unspecified atom stereocenters. The van der Waals surface area contributed by atoms with Crippen molar-refractivity contribution in [1.29, 1.82) is 0 Å². The Labute approximate surface area is 154 Å². The van der Waals surface area contributed by atoms with Crippen LogP contribution in [0.3, 0.4) is 0 Å². The lowest BCUT2D eigenvalue weighted by atomic mass is 10.1. The van der Waals surface area contributed by atoms with Crippen LogP contribution in [0.2, 0.25) is 0 Å². The molecule has 3 rings (SSSR count). The van der Waals surface area contributed by atoms with E-state index in [-0.39, 0.29) is 5.91 Å². The van der Waals surface area contributed by atoms with Crippen LogP contribution in [-0.2, 0) is 6.42 Å². The smallest absolute Gasteiger partial charge is 0.252 e. The molecule has 0 aliphatic rings. The summed E-state index contributed by atoms with van der Waals surface area (Å²) in [6.07, 6.45) is 2.45. The predicted molar refractivity (Wildman–Crippen MR) is 106 cm³/mol. The third-order valence-corrected chi connectivity index (χ3v) is 4.21. The van der Waals surface area contributed by atoms with Gasteiger partial charge in [0.2, 0.25) is 0 Å². The number of amides is 1. The van der Waals surface area contributed by atoms with Crippen LogP contribution < -0.4 is 10.2 Å². The Morgan fingerprint density at radius 2 is 1.65 bits per heavy atom. The van der Waals surface area contributed by atoms with Gasteiger partial charge in [0.1, 0.15) is 5.82 Å². The maximum absolute atomic E-state index is 12.3. The Bertz CT molecular complexity index is 817.